The lowest BCUT2D eigenvalue weighted by atomic mass is 9.81. The molecule has 0 unspecified atom stereocenters. The maximum atomic E-state index is 12.7. The molecule has 0 aliphatic carbocycles. The summed E-state index contributed by atoms with van der Waals surface area (Å²) in [6.07, 6.45) is 1.11. The number of aldehydes is 1. The average molecular weight is 464 g/mol. The lowest BCUT2D eigenvalue weighted by molar-refractivity contribution is -0.112. The number of benzene rings is 2. The molecule has 146 valence electrons. The van der Waals surface area contributed by atoms with Gasteiger partial charge in [0.2, 0.25) is 0 Å². The first-order valence-electron chi connectivity index (χ1n) is 8.41. The summed E-state index contributed by atoms with van der Waals surface area (Å²) in [6.45, 7) is 1.82. The standard InChI is InChI=1S/C18H18BrN5O3S/c1-18(13-25,14-7-9-15(19)10-8-14)11-12-20-28(26,27)17-21-22-23-24(17)16-5-3-2-4-6-16/h2-10,13,20H,11-12H2,1H3/t18-/m0/s1. The Kier molecular flexibility index (Phi) is 6.01. The molecule has 1 N–H and O–H groups in total. The molecule has 0 fully saturated rings. The fraction of sp³-hybridized carbons (Fsp3) is 0.222. The topological polar surface area (TPSA) is 107 Å². The minimum atomic E-state index is -3.96. The quantitative estimate of drug-likeness (QED) is 0.513. The highest BCUT2D eigenvalue weighted by Crippen LogP contribution is 2.26. The van der Waals surface area contributed by atoms with E-state index in [0.717, 1.165) is 21.0 Å². The van der Waals surface area contributed by atoms with E-state index < -0.39 is 15.4 Å². The van der Waals surface area contributed by atoms with Crippen LogP contribution in [0.1, 0.15) is 18.9 Å². The lowest BCUT2D eigenvalue weighted by Crippen LogP contribution is -2.33. The zero-order valence-electron chi connectivity index (χ0n) is 15.0. The molecule has 0 bridgehead atoms. The molecule has 0 aliphatic heterocycles. The van der Waals surface area contributed by atoms with Gasteiger partial charge in [0.1, 0.15) is 6.29 Å². The zero-order valence-corrected chi connectivity index (χ0v) is 17.4. The molecule has 2 aromatic carbocycles. The van der Waals surface area contributed by atoms with Gasteiger partial charge < -0.3 is 4.79 Å². The molecule has 3 rings (SSSR count). The molecule has 0 spiro atoms. The monoisotopic (exact) mass is 463 g/mol. The number of nitrogens with zero attached hydrogens (tertiary/aromatic N) is 4. The van der Waals surface area contributed by atoms with Crippen molar-refractivity contribution in [1.29, 1.82) is 0 Å². The Morgan fingerprint density at radius 1 is 1.14 bits per heavy atom. The smallest absolute Gasteiger partial charge is 0.287 e. The van der Waals surface area contributed by atoms with Gasteiger partial charge in [-0.3, -0.25) is 0 Å². The Hall–Kier alpha value is -2.43. The van der Waals surface area contributed by atoms with Crippen molar-refractivity contribution in [2.45, 2.75) is 23.9 Å². The van der Waals surface area contributed by atoms with E-state index in [9.17, 15) is 13.2 Å². The number of halogens is 1. The first kappa shape index (κ1) is 20.3. The highest BCUT2D eigenvalue weighted by molar-refractivity contribution is 9.10. The fourth-order valence-corrected chi connectivity index (χ4v) is 3.97. The van der Waals surface area contributed by atoms with Gasteiger partial charge in [-0.25, -0.2) is 13.1 Å². The van der Waals surface area contributed by atoms with E-state index in [1.807, 2.05) is 30.3 Å². The van der Waals surface area contributed by atoms with Crippen molar-refractivity contribution in [1.82, 2.24) is 24.9 Å². The second-order valence-electron chi connectivity index (χ2n) is 6.40. The molecular formula is C18H18BrN5O3S. The summed E-state index contributed by atoms with van der Waals surface area (Å²) in [5, 5.41) is 10.6. The number of sulfonamides is 1. The largest absolute Gasteiger partial charge is 0.302 e. The molecule has 10 heteroatoms. The van der Waals surface area contributed by atoms with Gasteiger partial charge in [-0.05, 0) is 53.6 Å². The second kappa shape index (κ2) is 8.29. The van der Waals surface area contributed by atoms with Crippen molar-refractivity contribution < 1.29 is 13.2 Å². The van der Waals surface area contributed by atoms with Crippen LogP contribution in [0.5, 0.6) is 0 Å². The Balaban J connectivity index is 1.75. The van der Waals surface area contributed by atoms with Gasteiger partial charge in [0.05, 0.1) is 5.69 Å². The minimum Gasteiger partial charge on any atom is -0.302 e. The lowest BCUT2D eigenvalue weighted by Gasteiger charge is -2.23. The highest BCUT2D eigenvalue weighted by atomic mass is 79.9. The van der Waals surface area contributed by atoms with Crippen LogP contribution in [-0.2, 0) is 20.2 Å². The van der Waals surface area contributed by atoms with Crippen molar-refractivity contribution in [2.75, 3.05) is 6.54 Å². The summed E-state index contributed by atoms with van der Waals surface area (Å²) in [4.78, 5) is 11.7. The van der Waals surface area contributed by atoms with Gasteiger partial charge in [-0.15, -0.1) is 0 Å². The summed E-state index contributed by atoms with van der Waals surface area (Å²) in [7, 11) is -3.96. The predicted molar refractivity (Wildman–Crippen MR) is 107 cm³/mol. The van der Waals surface area contributed by atoms with Crippen LogP contribution in [0.2, 0.25) is 0 Å². The van der Waals surface area contributed by atoms with Crippen LogP contribution >= 0.6 is 15.9 Å². The Bertz CT molecular complexity index is 1050. The maximum Gasteiger partial charge on any atom is 0.287 e. The van der Waals surface area contributed by atoms with E-state index in [1.54, 1.807) is 31.2 Å². The third kappa shape index (κ3) is 4.34. The molecule has 0 aliphatic rings. The van der Waals surface area contributed by atoms with Crippen LogP contribution in [-0.4, -0.2) is 41.5 Å². The van der Waals surface area contributed by atoms with Gasteiger partial charge in [-0.1, -0.05) is 51.4 Å². The number of hydrogen-bond acceptors (Lipinski definition) is 6. The fourth-order valence-electron chi connectivity index (χ4n) is 2.69. The van der Waals surface area contributed by atoms with Crippen molar-refractivity contribution in [3.05, 3.63) is 64.6 Å². The SMILES string of the molecule is C[C@@](C=O)(CCNS(=O)(=O)c1nnnn1-c1ccccc1)c1ccc(Br)cc1. The number of carbonyl (C=O) groups is 1. The van der Waals surface area contributed by atoms with E-state index in [-0.39, 0.29) is 18.1 Å². The minimum absolute atomic E-state index is 0.0509. The Morgan fingerprint density at radius 3 is 2.46 bits per heavy atom. The summed E-state index contributed by atoms with van der Waals surface area (Å²) >= 11 is 3.36. The summed E-state index contributed by atoms with van der Waals surface area (Å²) in [5.41, 5.74) is 0.508. The Labute approximate surface area is 171 Å². The van der Waals surface area contributed by atoms with Crippen LogP contribution in [0.25, 0.3) is 5.69 Å². The van der Waals surface area contributed by atoms with Gasteiger partial charge in [-0.2, -0.15) is 4.68 Å². The van der Waals surface area contributed by atoms with E-state index in [4.69, 9.17) is 0 Å². The summed E-state index contributed by atoms with van der Waals surface area (Å²) < 4.78 is 29.9. The van der Waals surface area contributed by atoms with Gasteiger partial charge >= 0.3 is 0 Å². The second-order valence-corrected chi connectivity index (χ2v) is 8.98. The van der Waals surface area contributed by atoms with Crippen LogP contribution in [0.15, 0.2) is 64.2 Å². The van der Waals surface area contributed by atoms with Crippen LogP contribution < -0.4 is 4.72 Å². The number of tetrazole rings is 1. The number of para-hydroxylation sites is 1. The molecule has 0 saturated carbocycles. The summed E-state index contributed by atoms with van der Waals surface area (Å²) in [6, 6.07) is 16.1. The van der Waals surface area contributed by atoms with Gasteiger partial charge in [0.15, 0.2) is 0 Å². The predicted octanol–water partition coefficient (Wildman–Crippen LogP) is 2.25. The first-order valence-corrected chi connectivity index (χ1v) is 10.7. The molecule has 1 heterocycles. The normalized spacial score (nSPS) is 13.8. The van der Waals surface area contributed by atoms with Crippen LogP contribution in [0.4, 0.5) is 0 Å². The van der Waals surface area contributed by atoms with E-state index >= 15 is 0 Å². The number of rotatable bonds is 8. The molecule has 3 aromatic rings. The molecule has 8 nitrogen and oxygen atoms in total. The van der Waals surface area contributed by atoms with Crippen LogP contribution in [0.3, 0.4) is 0 Å². The molecule has 0 amide bonds. The molecule has 1 aromatic heterocycles. The molecule has 1 atom stereocenters. The number of hydrogen-bond donors (Lipinski definition) is 1. The zero-order chi connectivity index (χ0) is 20.2. The summed E-state index contributed by atoms with van der Waals surface area (Å²) in [5.74, 6) is 0. The third-order valence-electron chi connectivity index (χ3n) is 4.38. The molecule has 0 radical (unpaired) electrons. The average Bonchev–Trinajstić information content (AvgIpc) is 3.20. The Morgan fingerprint density at radius 2 is 1.82 bits per heavy atom. The maximum absolute atomic E-state index is 12.7. The van der Waals surface area contributed by atoms with Gasteiger partial charge in [0.25, 0.3) is 15.2 Å². The number of carbonyl (C=O) groups excluding carboxylic acids is 1. The van der Waals surface area contributed by atoms with E-state index in [1.165, 1.54) is 0 Å². The molecule has 28 heavy (non-hydrogen) atoms. The molecule has 0 saturated heterocycles. The van der Waals surface area contributed by atoms with Crippen molar-refractivity contribution in [3.63, 3.8) is 0 Å². The van der Waals surface area contributed by atoms with Crippen molar-refractivity contribution in [3.8, 4) is 5.69 Å². The third-order valence-corrected chi connectivity index (χ3v) is 6.23. The van der Waals surface area contributed by atoms with Gasteiger partial charge in [0, 0.05) is 16.4 Å². The van der Waals surface area contributed by atoms with Crippen LogP contribution in [0, 0.1) is 0 Å². The van der Waals surface area contributed by atoms with E-state index in [2.05, 4.69) is 36.2 Å². The number of aromatic nitrogens is 4. The highest BCUT2D eigenvalue weighted by Gasteiger charge is 2.28. The number of nitrogens with one attached hydrogen (secondary N) is 1. The first-order chi connectivity index (χ1) is 13.4. The van der Waals surface area contributed by atoms with E-state index in [0.29, 0.717) is 5.69 Å². The van der Waals surface area contributed by atoms with Crippen molar-refractivity contribution in [2.24, 2.45) is 0 Å². The molecular weight excluding hydrogens is 446 g/mol. The van der Waals surface area contributed by atoms with Crippen molar-refractivity contribution >= 4 is 32.2 Å².